The molecular formula is C52H38N6S2. The van der Waals surface area contributed by atoms with E-state index in [1.165, 1.54) is 38.3 Å². The predicted octanol–water partition coefficient (Wildman–Crippen LogP) is 14.0. The second-order valence-corrected chi connectivity index (χ2v) is 17.9. The van der Waals surface area contributed by atoms with Crippen molar-refractivity contribution >= 4 is 76.3 Å². The molecule has 10 aromatic rings. The van der Waals surface area contributed by atoms with E-state index in [9.17, 15) is 5.41 Å². The molecule has 0 saturated heterocycles. The molecule has 3 heterocycles. The molecule has 0 fully saturated rings. The lowest BCUT2D eigenvalue weighted by Crippen LogP contribution is -2.13. The number of nitrogens with zero attached hydrogens (tertiary/aromatic N) is 4. The maximum Gasteiger partial charge on any atom is 0.166 e. The Morgan fingerprint density at radius 2 is 1.00 bits per heavy atom. The number of aromatic nitrogens is 4. The zero-order chi connectivity index (χ0) is 41.0. The predicted molar refractivity (Wildman–Crippen MR) is 254 cm³/mol. The molecular weight excluding hydrogens is 773 g/mol. The number of thioether (sulfide) groups is 1. The van der Waals surface area contributed by atoms with Crippen molar-refractivity contribution in [2.75, 3.05) is 0 Å². The first kappa shape index (κ1) is 37.4. The molecule has 0 spiro atoms. The summed E-state index contributed by atoms with van der Waals surface area (Å²) in [4.78, 5) is 10.1. The van der Waals surface area contributed by atoms with Crippen LogP contribution < -0.4 is 0 Å². The van der Waals surface area contributed by atoms with Gasteiger partial charge in [0.2, 0.25) is 0 Å². The van der Waals surface area contributed by atoms with Crippen LogP contribution in [0.4, 0.5) is 0 Å². The maximum atomic E-state index is 9.29. The highest BCUT2D eigenvalue weighted by Crippen LogP contribution is 2.38. The quantitative estimate of drug-likeness (QED) is 0.0990. The van der Waals surface area contributed by atoms with Gasteiger partial charge in [0.15, 0.2) is 5.01 Å². The zero-order valence-corrected chi connectivity index (χ0v) is 34.8. The SMILES string of the molecule is CC(C)(C)c1cc(C(=N)SC(=N)c2cccc(-c3cc4ccccc4c4ccccc34)n2)cc(-c2nnc(-c3cccc(-c4cc5ccccc5c5ccccc45)n3)s2)c1. The lowest BCUT2D eigenvalue weighted by molar-refractivity contribution is 0.590. The molecule has 0 radical (unpaired) electrons. The summed E-state index contributed by atoms with van der Waals surface area (Å²) in [5.41, 5.74) is 7.48. The molecule has 0 bridgehead atoms. The minimum Gasteiger partial charge on any atom is -0.293 e. The van der Waals surface area contributed by atoms with E-state index >= 15 is 0 Å². The smallest absolute Gasteiger partial charge is 0.166 e. The highest BCUT2D eigenvalue weighted by Gasteiger charge is 2.21. The largest absolute Gasteiger partial charge is 0.293 e. The van der Waals surface area contributed by atoms with Gasteiger partial charge in [0.25, 0.3) is 0 Å². The summed E-state index contributed by atoms with van der Waals surface area (Å²) in [5, 5.41) is 39.0. The third-order valence-electron chi connectivity index (χ3n) is 11.0. The Balaban J connectivity index is 0.952. The summed E-state index contributed by atoms with van der Waals surface area (Å²) in [6, 6.07) is 56.2. The molecule has 0 saturated carbocycles. The van der Waals surface area contributed by atoms with Crippen molar-refractivity contribution in [1.82, 2.24) is 20.2 Å². The number of hydrogen-bond acceptors (Lipinski definition) is 8. The average molecular weight is 811 g/mol. The van der Waals surface area contributed by atoms with Crippen LogP contribution in [-0.2, 0) is 5.41 Å². The van der Waals surface area contributed by atoms with Gasteiger partial charge in [0.05, 0.1) is 17.1 Å². The van der Waals surface area contributed by atoms with Crippen molar-refractivity contribution in [3.8, 4) is 43.8 Å². The summed E-state index contributed by atoms with van der Waals surface area (Å²) in [6.07, 6.45) is 0. The van der Waals surface area contributed by atoms with Crippen molar-refractivity contribution in [1.29, 1.82) is 10.8 Å². The number of benzene rings is 7. The standard InChI is InChI=1S/C52H38N6S2/c1-52(2,3)35-27-33(48(53)59-49(54)46-24-12-22-44(55-46)42-29-31-14-4-6-16-36(31)38-18-8-10-20-40(38)42)26-34(28-35)50-57-58-51(60-50)47-25-13-23-45(56-47)43-30-32-15-5-7-17-37(32)39-19-9-11-21-41(39)43/h4-30,53-54H,1-3H3. The Morgan fingerprint density at radius 3 is 1.62 bits per heavy atom. The Bertz CT molecular complexity index is 3340. The molecule has 288 valence electrons. The van der Waals surface area contributed by atoms with Crippen molar-refractivity contribution < 1.29 is 0 Å². The fourth-order valence-corrected chi connectivity index (χ4v) is 9.38. The van der Waals surface area contributed by atoms with E-state index < -0.39 is 0 Å². The Hall–Kier alpha value is -6.87. The van der Waals surface area contributed by atoms with Crippen molar-refractivity contribution in [2.24, 2.45) is 0 Å². The fourth-order valence-electron chi connectivity index (χ4n) is 7.92. The maximum absolute atomic E-state index is 9.29. The van der Waals surface area contributed by atoms with Crippen LogP contribution in [0.3, 0.4) is 0 Å². The highest BCUT2D eigenvalue weighted by molar-refractivity contribution is 8.27. The van der Waals surface area contributed by atoms with Crippen LogP contribution in [0, 0.1) is 10.8 Å². The topological polar surface area (TPSA) is 99.3 Å². The van der Waals surface area contributed by atoms with Gasteiger partial charge >= 0.3 is 0 Å². The normalized spacial score (nSPS) is 11.8. The third-order valence-corrected chi connectivity index (χ3v) is 12.8. The molecule has 0 atom stereocenters. The third kappa shape index (κ3) is 6.93. The molecule has 0 aliphatic rings. The lowest BCUT2D eigenvalue weighted by atomic mass is 9.85. The van der Waals surface area contributed by atoms with Gasteiger partial charge in [0, 0.05) is 22.3 Å². The van der Waals surface area contributed by atoms with Crippen LogP contribution in [-0.4, -0.2) is 30.3 Å². The van der Waals surface area contributed by atoms with Gasteiger partial charge < -0.3 is 0 Å². The molecule has 7 aromatic carbocycles. The fraction of sp³-hybridized carbons (Fsp3) is 0.0769. The first-order valence-corrected chi connectivity index (χ1v) is 21.4. The molecule has 8 heteroatoms. The van der Waals surface area contributed by atoms with Gasteiger partial charge in [0.1, 0.15) is 20.8 Å². The first-order chi connectivity index (χ1) is 29.2. The van der Waals surface area contributed by atoms with Gasteiger partial charge in [-0.15, -0.1) is 10.2 Å². The molecule has 10 rings (SSSR count). The summed E-state index contributed by atoms with van der Waals surface area (Å²) >= 11 is 2.59. The summed E-state index contributed by atoms with van der Waals surface area (Å²) in [7, 11) is 0. The van der Waals surface area contributed by atoms with E-state index in [4.69, 9.17) is 15.4 Å². The molecule has 2 N–H and O–H groups in total. The Morgan fingerprint density at radius 1 is 0.483 bits per heavy atom. The van der Waals surface area contributed by atoms with Gasteiger partial charge in [-0.2, -0.15) is 0 Å². The molecule has 0 amide bonds. The van der Waals surface area contributed by atoms with E-state index in [0.717, 1.165) is 77.3 Å². The number of rotatable bonds is 6. The minimum absolute atomic E-state index is 0.201. The monoisotopic (exact) mass is 810 g/mol. The second kappa shape index (κ2) is 15.1. The molecule has 6 nitrogen and oxygen atoms in total. The number of pyridine rings is 2. The Kier molecular flexibility index (Phi) is 9.39. The second-order valence-electron chi connectivity index (χ2n) is 15.9. The van der Waals surface area contributed by atoms with E-state index in [1.54, 1.807) is 0 Å². The van der Waals surface area contributed by atoms with Crippen molar-refractivity contribution in [3.63, 3.8) is 0 Å². The van der Waals surface area contributed by atoms with Crippen molar-refractivity contribution in [3.05, 3.63) is 181 Å². The van der Waals surface area contributed by atoms with Crippen LogP contribution in [0.5, 0.6) is 0 Å². The van der Waals surface area contributed by atoms with Crippen LogP contribution in [0.25, 0.3) is 86.9 Å². The molecule has 60 heavy (non-hydrogen) atoms. The summed E-state index contributed by atoms with van der Waals surface area (Å²) in [5.74, 6) is 0. The van der Waals surface area contributed by atoms with Gasteiger partial charge in [-0.05, 0) is 120 Å². The summed E-state index contributed by atoms with van der Waals surface area (Å²) < 4.78 is 0. The van der Waals surface area contributed by atoms with E-state index in [0.29, 0.717) is 11.3 Å². The van der Waals surface area contributed by atoms with E-state index in [2.05, 4.69) is 158 Å². The number of nitrogens with one attached hydrogen (secondary N) is 2. The molecule has 0 aliphatic heterocycles. The van der Waals surface area contributed by atoms with Crippen LogP contribution in [0.2, 0.25) is 0 Å². The van der Waals surface area contributed by atoms with Gasteiger partial charge in [-0.25, -0.2) is 9.97 Å². The van der Waals surface area contributed by atoms with Gasteiger partial charge in [-0.3, -0.25) is 10.8 Å². The first-order valence-electron chi connectivity index (χ1n) is 19.8. The van der Waals surface area contributed by atoms with E-state index in [-0.39, 0.29) is 15.5 Å². The number of hydrogen-bond donors (Lipinski definition) is 2. The Labute approximate surface area is 356 Å². The minimum atomic E-state index is -0.201. The summed E-state index contributed by atoms with van der Waals surface area (Å²) in [6.45, 7) is 6.49. The van der Waals surface area contributed by atoms with Crippen molar-refractivity contribution in [2.45, 2.75) is 26.2 Å². The number of fused-ring (bicyclic) bond motifs is 6. The zero-order valence-electron chi connectivity index (χ0n) is 33.2. The van der Waals surface area contributed by atoms with Crippen LogP contribution in [0.1, 0.15) is 37.6 Å². The molecule has 0 aliphatic carbocycles. The molecule has 0 unspecified atom stereocenters. The molecule has 3 aromatic heterocycles. The lowest BCUT2D eigenvalue weighted by Gasteiger charge is -2.21. The van der Waals surface area contributed by atoms with Gasteiger partial charge in [-0.1, -0.05) is 141 Å². The van der Waals surface area contributed by atoms with Crippen LogP contribution >= 0.6 is 23.1 Å². The van der Waals surface area contributed by atoms with Crippen LogP contribution in [0.15, 0.2) is 164 Å². The average Bonchev–Trinajstić information content (AvgIpc) is 3.79. The van der Waals surface area contributed by atoms with E-state index in [1.807, 2.05) is 36.4 Å². The highest BCUT2D eigenvalue weighted by atomic mass is 32.2.